The molecule has 0 amide bonds. The second-order valence-electron chi connectivity index (χ2n) is 6.91. The predicted molar refractivity (Wildman–Crippen MR) is 108 cm³/mol. The molecule has 3 aliphatic heterocycles. The molecule has 0 spiro atoms. The Morgan fingerprint density at radius 3 is 2.69 bits per heavy atom. The number of fused-ring (bicyclic) bond motifs is 3. The van der Waals surface area contributed by atoms with Crippen LogP contribution >= 0.6 is 11.8 Å². The number of aliphatic imine (C=N–C) groups is 1. The first kappa shape index (κ1) is 19.5. The first-order valence-corrected chi connectivity index (χ1v) is 10.8. The van der Waals surface area contributed by atoms with Crippen LogP contribution in [0.1, 0.15) is 18.1 Å². The molecule has 5 nitrogen and oxygen atoms in total. The van der Waals surface area contributed by atoms with Gasteiger partial charge >= 0.3 is 0 Å². The Morgan fingerprint density at radius 1 is 1.23 bits per heavy atom. The van der Waals surface area contributed by atoms with E-state index in [9.17, 15) is 4.39 Å². The molecule has 144 valence electrons. The van der Waals surface area contributed by atoms with E-state index in [1.54, 1.807) is 17.8 Å². The molecule has 0 saturated carbocycles. The number of guanidine groups is 1. The topological polar surface area (TPSA) is 42.9 Å². The van der Waals surface area contributed by atoms with Gasteiger partial charge in [-0.25, -0.2) is 9.38 Å². The second kappa shape index (κ2) is 9.58. The molecule has 3 aliphatic rings. The molecule has 26 heavy (non-hydrogen) atoms. The molecule has 7 heteroatoms. The van der Waals surface area contributed by atoms with Gasteiger partial charge in [0.2, 0.25) is 0 Å². The number of halogens is 1. The molecule has 3 heterocycles. The van der Waals surface area contributed by atoms with Gasteiger partial charge in [-0.2, -0.15) is 11.8 Å². The van der Waals surface area contributed by atoms with Crippen molar-refractivity contribution in [2.24, 2.45) is 4.99 Å². The predicted octanol–water partition coefficient (Wildman–Crippen LogP) is 1.74. The molecule has 0 aliphatic carbocycles. The zero-order valence-corrected chi connectivity index (χ0v) is 16.6. The van der Waals surface area contributed by atoms with Crippen LogP contribution in [0.3, 0.4) is 0 Å². The van der Waals surface area contributed by atoms with Crippen LogP contribution in [0, 0.1) is 5.82 Å². The molecule has 0 radical (unpaired) electrons. The molecular weight excluding hydrogens is 349 g/mol. The van der Waals surface area contributed by atoms with Crippen LogP contribution < -0.4 is 10.6 Å². The van der Waals surface area contributed by atoms with Crippen molar-refractivity contribution >= 4 is 17.7 Å². The maximum Gasteiger partial charge on any atom is 0.191 e. The Balaban J connectivity index is 1.60. The third-order valence-corrected chi connectivity index (χ3v) is 5.72. The van der Waals surface area contributed by atoms with Gasteiger partial charge < -0.3 is 10.6 Å². The summed E-state index contributed by atoms with van der Waals surface area (Å²) >= 11 is 1.70. The number of hydrogen-bond donors (Lipinski definition) is 2. The minimum Gasteiger partial charge on any atom is -0.357 e. The van der Waals surface area contributed by atoms with Crippen LogP contribution in [0.2, 0.25) is 0 Å². The van der Waals surface area contributed by atoms with E-state index in [-0.39, 0.29) is 5.82 Å². The summed E-state index contributed by atoms with van der Waals surface area (Å²) in [5.41, 5.74) is 2.12. The van der Waals surface area contributed by atoms with E-state index < -0.39 is 0 Å². The largest absolute Gasteiger partial charge is 0.357 e. The molecule has 2 bridgehead atoms. The smallest absolute Gasteiger partial charge is 0.191 e. The number of rotatable bonds is 7. The fourth-order valence-corrected chi connectivity index (χ4v) is 4.26. The summed E-state index contributed by atoms with van der Waals surface area (Å²) in [6.45, 7) is 10.3. The van der Waals surface area contributed by atoms with Gasteiger partial charge in [0.25, 0.3) is 0 Å². The molecular formula is C19H30FN5S. The van der Waals surface area contributed by atoms with Crippen molar-refractivity contribution in [2.45, 2.75) is 25.3 Å². The second-order valence-corrected chi connectivity index (χ2v) is 7.78. The highest BCUT2D eigenvalue weighted by Gasteiger charge is 2.31. The average molecular weight is 380 g/mol. The molecule has 1 unspecified atom stereocenters. The first-order chi connectivity index (χ1) is 12.7. The minimum atomic E-state index is -0.178. The summed E-state index contributed by atoms with van der Waals surface area (Å²) in [6.07, 6.45) is 2.03. The lowest BCUT2D eigenvalue weighted by Gasteiger charge is -2.47. The van der Waals surface area contributed by atoms with Crippen molar-refractivity contribution in [1.82, 2.24) is 20.4 Å². The minimum absolute atomic E-state index is 0.178. The molecule has 1 aromatic rings. The van der Waals surface area contributed by atoms with Crippen molar-refractivity contribution in [3.8, 4) is 0 Å². The van der Waals surface area contributed by atoms with Crippen molar-refractivity contribution in [3.05, 3.63) is 35.1 Å². The van der Waals surface area contributed by atoms with E-state index in [1.165, 1.54) is 32.2 Å². The molecule has 3 fully saturated rings. The van der Waals surface area contributed by atoms with Crippen molar-refractivity contribution in [1.29, 1.82) is 0 Å². The zero-order chi connectivity index (χ0) is 18.4. The number of hydrogen-bond acceptors (Lipinski definition) is 4. The molecule has 0 aromatic heterocycles. The summed E-state index contributed by atoms with van der Waals surface area (Å²) in [5.74, 6) is 1.46. The molecule has 2 N–H and O–H groups in total. The Kier molecular flexibility index (Phi) is 7.16. The van der Waals surface area contributed by atoms with Gasteiger partial charge in [-0.15, -0.1) is 0 Å². The Bertz CT molecular complexity index is 616. The van der Waals surface area contributed by atoms with Crippen LogP contribution in [0.15, 0.2) is 23.2 Å². The van der Waals surface area contributed by atoms with Crippen molar-refractivity contribution in [2.75, 3.05) is 52.1 Å². The normalized spacial score (nSPS) is 25.3. The SMILES string of the molecule is CCNC(=NCc1ccc(F)cc1CSC)NCC1CN2CCN1CC2. The van der Waals surface area contributed by atoms with Crippen LogP contribution in [0.4, 0.5) is 4.39 Å². The zero-order valence-electron chi connectivity index (χ0n) is 15.8. The van der Waals surface area contributed by atoms with Crippen LogP contribution in [-0.4, -0.2) is 73.9 Å². The monoisotopic (exact) mass is 379 g/mol. The lowest BCUT2D eigenvalue weighted by Crippen LogP contribution is -2.63. The van der Waals surface area contributed by atoms with Gasteiger partial charge in [-0.3, -0.25) is 9.80 Å². The fourth-order valence-electron chi connectivity index (χ4n) is 3.68. The van der Waals surface area contributed by atoms with Gasteiger partial charge in [0.1, 0.15) is 5.82 Å². The highest BCUT2D eigenvalue weighted by atomic mass is 32.2. The Hall–Kier alpha value is -1.31. The van der Waals surface area contributed by atoms with E-state index >= 15 is 0 Å². The molecule has 1 atom stereocenters. The van der Waals surface area contributed by atoms with Crippen LogP contribution in [-0.2, 0) is 12.3 Å². The summed E-state index contributed by atoms with van der Waals surface area (Å²) in [5, 5.41) is 6.83. The number of nitrogens with one attached hydrogen (secondary N) is 2. The third kappa shape index (κ3) is 5.11. The van der Waals surface area contributed by atoms with Gasteiger partial charge in [0, 0.05) is 57.6 Å². The first-order valence-electron chi connectivity index (χ1n) is 9.44. The molecule has 1 aromatic carbocycles. The lowest BCUT2D eigenvalue weighted by atomic mass is 10.1. The fraction of sp³-hybridized carbons (Fsp3) is 0.632. The maximum absolute atomic E-state index is 13.5. The Morgan fingerprint density at radius 2 is 2.04 bits per heavy atom. The summed E-state index contributed by atoms with van der Waals surface area (Å²) in [7, 11) is 0. The summed E-state index contributed by atoms with van der Waals surface area (Å²) in [4.78, 5) is 9.86. The maximum atomic E-state index is 13.5. The van der Waals surface area contributed by atoms with E-state index in [2.05, 4.69) is 27.4 Å². The van der Waals surface area contributed by atoms with Crippen molar-refractivity contribution in [3.63, 3.8) is 0 Å². The van der Waals surface area contributed by atoms with E-state index in [0.29, 0.717) is 12.6 Å². The highest BCUT2D eigenvalue weighted by Crippen LogP contribution is 2.18. The van der Waals surface area contributed by atoms with Gasteiger partial charge in [-0.05, 0) is 36.4 Å². The van der Waals surface area contributed by atoms with Gasteiger partial charge in [0.05, 0.1) is 6.54 Å². The van der Waals surface area contributed by atoms with E-state index in [0.717, 1.165) is 42.5 Å². The van der Waals surface area contributed by atoms with Crippen LogP contribution in [0.5, 0.6) is 0 Å². The number of piperazine rings is 3. The van der Waals surface area contributed by atoms with E-state index in [4.69, 9.17) is 4.99 Å². The summed E-state index contributed by atoms with van der Waals surface area (Å²) < 4.78 is 13.5. The Labute approximate surface area is 160 Å². The number of nitrogens with zero attached hydrogens (tertiary/aromatic N) is 3. The van der Waals surface area contributed by atoms with Gasteiger partial charge in [-0.1, -0.05) is 6.07 Å². The lowest BCUT2D eigenvalue weighted by molar-refractivity contribution is 0.0154. The number of benzene rings is 1. The quantitative estimate of drug-likeness (QED) is 0.558. The molecule has 4 rings (SSSR count). The summed E-state index contributed by atoms with van der Waals surface area (Å²) in [6, 6.07) is 5.56. The van der Waals surface area contributed by atoms with Crippen molar-refractivity contribution < 1.29 is 4.39 Å². The molecule has 3 saturated heterocycles. The highest BCUT2D eigenvalue weighted by molar-refractivity contribution is 7.97. The van der Waals surface area contributed by atoms with Gasteiger partial charge in [0.15, 0.2) is 5.96 Å². The van der Waals surface area contributed by atoms with Crippen LogP contribution in [0.25, 0.3) is 0 Å². The standard InChI is InChI=1S/C19H30FN5S/c1-3-21-19(23-12-18-13-24-6-8-25(18)9-7-24)22-11-15-4-5-17(20)10-16(15)14-26-2/h4-5,10,18H,3,6-9,11-14H2,1-2H3,(H2,21,22,23). The average Bonchev–Trinajstić information content (AvgIpc) is 2.66. The van der Waals surface area contributed by atoms with E-state index in [1.807, 2.05) is 12.3 Å². The third-order valence-electron chi connectivity index (χ3n) is 5.12. The number of thioether (sulfide) groups is 1.